The highest BCUT2D eigenvalue weighted by atomic mass is 16.5. The average molecular weight is 341 g/mol. The molecule has 2 aromatic rings. The summed E-state index contributed by atoms with van der Waals surface area (Å²) in [4.78, 5) is 39.8. The van der Waals surface area contributed by atoms with Gasteiger partial charge in [-0.05, 0) is 30.7 Å². The summed E-state index contributed by atoms with van der Waals surface area (Å²) in [5, 5.41) is 5.40. The Morgan fingerprint density at radius 1 is 1.04 bits per heavy atom. The van der Waals surface area contributed by atoms with Gasteiger partial charge in [-0.25, -0.2) is 4.79 Å². The van der Waals surface area contributed by atoms with Crippen LogP contribution in [0.25, 0.3) is 0 Å². The number of rotatable bonds is 6. The van der Waals surface area contributed by atoms with Crippen molar-refractivity contribution in [2.45, 2.75) is 13.3 Å². The Kier molecular flexibility index (Phi) is 6.22. The summed E-state index contributed by atoms with van der Waals surface area (Å²) in [5.74, 6) is -1.20. The molecule has 1 aromatic heterocycles. The van der Waals surface area contributed by atoms with Gasteiger partial charge in [0.1, 0.15) is 0 Å². The minimum absolute atomic E-state index is 0.243. The molecular weight excluding hydrogens is 322 g/mol. The van der Waals surface area contributed by atoms with Crippen LogP contribution in [0.1, 0.15) is 44.4 Å². The number of nitrogens with one attached hydrogen (secondary N) is 2. The van der Waals surface area contributed by atoms with Gasteiger partial charge in [-0.1, -0.05) is 13.0 Å². The van der Waals surface area contributed by atoms with E-state index < -0.39 is 11.9 Å². The fourth-order valence-corrected chi connectivity index (χ4v) is 2.07. The Hall–Kier alpha value is -3.22. The molecular formula is C18H19N3O4. The van der Waals surface area contributed by atoms with Crippen LogP contribution in [-0.4, -0.2) is 36.4 Å². The number of hydrogen-bond acceptors (Lipinski definition) is 5. The van der Waals surface area contributed by atoms with Gasteiger partial charge in [-0.2, -0.15) is 0 Å². The average Bonchev–Trinajstić information content (AvgIpc) is 2.65. The van der Waals surface area contributed by atoms with Crippen LogP contribution in [0, 0.1) is 0 Å². The molecule has 0 aliphatic rings. The first kappa shape index (κ1) is 18.1. The molecule has 0 aliphatic carbocycles. The quantitative estimate of drug-likeness (QED) is 0.786. The molecule has 0 aliphatic heterocycles. The van der Waals surface area contributed by atoms with E-state index in [1.165, 1.54) is 31.6 Å². The van der Waals surface area contributed by atoms with E-state index in [0.29, 0.717) is 23.4 Å². The number of ether oxygens (including phenoxy) is 1. The summed E-state index contributed by atoms with van der Waals surface area (Å²) in [6.07, 6.45) is 3.59. The second-order valence-corrected chi connectivity index (χ2v) is 5.24. The molecule has 0 fully saturated rings. The van der Waals surface area contributed by atoms with Gasteiger partial charge >= 0.3 is 5.97 Å². The zero-order chi connectivity index (χ0) is 18.2. The van der Waals surface area contributed by atoms with Crippen LogP contribution in [0.15, 0.2) is 42.7 Å². The molecule has 0 atom stereocenters. The molecule has 7 heteroatoms. The number of carbonyl (C=O) groups excluding carboxylic acids is 3. The first-order chi connectivity index (χ1) is 12.0. The molecule has 1 aromatic carbocycles. The highest BCUT2D eigenvalue weighted by Crippen LogP contribution is 2.13. The Bertz CT molecular complexity index is 789. The minimum Gasteiger partial charge on any atom is -0.465 e. The molecule has 7 nitrogen and oxygen atoms in total. The molecule has 0 saturated carbocycles. The standard InChI is InChI=1S/C18H19N3O4/c1-3-7-20-16(22)13-8-14(11-19-10-13)17(23)21-15-6-4-5-12(9-15)18(24)25-2/h4-6,8-11H,3,7H2,1-2H3,(H,20,22)(H,21,23). The summed E-state index contributed by atoms with van der Waals surface area (Å²) in [6.45, 7) is 2.50. The van der Waals surface area contributed by atoms with Gasteiger partial charge in [0.05, 0.1) is 23.8 Å². The van der Waals surface area contributed by atoms with Gasteiger partial charge in [-0.15, -0.1) is 0 Å². The number of pyridine rings is 1. The van der Waals surface area contributed by atoms with Crippen molar-refractivity contribution < 1.29 is 19.1 Å². The van der Waals surface area contributed by atoms with Crippen LogP contribution in [0.3, 0.4) is 0 Å². The number of anilines is 1. The second kappa shape index (κ2) is 8.58. The lowest BCUT2D eigenvalue weighted by Crippen LogP contribution is -2.24. The summed E-state index contributed by atoms with van der Waals surface area (Å²) >= 11 is 0. The smallest absolute Gasteiger partial charge is 0.337 e. The summed E-state index contributed by atoms with van der Waals surface area (Å²) in [5.41, 5.74) is 1.32. The fourth-order valence-electron chi connectivity index (χ4n) is 2.07. The number of esters is 1. The van der Waals surface area contributed by atoms with Gasteiger partial charge in [0.25, 0.3) is 11.8 Å². The third-order valence-electron chi connectivity index (χ3n) is 3.34. The summed E-state index contributed by atoms with van der Waals surface area (Å²) < 4.78 is 4.65. The lowest BCUT2D eigenvalue weighted by molar-refractivity contribution is 0.0600. The van der Waals surface area contributed by atoms with E-state index in [2.05, 4.69) is 20.4 Å². The van der Waals surface area contributed by atoms with Crippen molar-refractivity contribution in [3.8, 4) is 0 Å². The lowest BCUT2D eigenvalue weighted by atomic mass is 10.1. The van der Waals surface area contributed by atoms with Crippen LogP contribution in [-0.2, 0) is 4.74 Å². The van der Waals surface area contributed by atoms with Crippen molar-refractivity contribution in [2.24, 2.45) is 0 Å². The van der Waals surface area contributed by atoms with E-state index in [1.54, 1.807) is 18.2 Å². The van der Waals surface area contributed by atoms with Gasteiger partial charge in [-0.3, -0.25) is 14.6 Å². The second-order valence-electron chi connectivity index (χ2n) is 5.24. The highest BCUT2D eigenvalue weighted by Gasteiger charge is 2.12. The Labute approximate surface area is 145 Å². The van der Waals surface area contributed by atoms with Crippen LogP contribution in [0.2, 0.25) is 0 Å². The minimum atomic E-state index is -0.493. The van der Waals surface area contributed by atoms with Crippen LogP contribution in [0.5, 0.6) is 0 Å². The molecule has 2 amide bonds. The number of aromatic nitrogens is 1. The molecule has 0 spiro atoms. The van der Waals surface area contributed by atoms with Crippen molar-refractivity contribution in [3.63, 3.8) is 0 Å². The third-order valence-corrected chi connectivity index (χ3v) is 3.34. The van der Waals surface area contributed by atoms with Gasteiger partial charge in [0.2, 0.25) is 0 Å². The van der Waals surface area contributed by atoms with Crippen molar-refractivity contribution in [1.29, 1.82) is 0 Å². The van der Waals surface area contributed by atoms with Gasteiger partial charge < -0.3 is 15.4 Å². The van der Waals surface area contributed by atoms with Crippen molar-refractivity contribution in [2.75, 3.05) is 19.0 Å². The van der Waals surface area contributed by atoms with Crippen LogP contribution in [0.4, 0.5) is 5.69 Å². The van der Waals surface area contributed by atoms with E-state index in [4.69, 9.17) is 0 Å². The number of benzene rings is 1. The van der Waals surface area contributed by atoms with Gasteiger partial charge in [0.15, 0.2) is 0 Å². The molecule has 2 rings (SSSR count). The molecule has 0 bridgehead atoms. The van der Waals surface area contributed by atoms with Crippen LogP contribution >= 0.6 is 0 Å². The molecule has 130 valence electrons. The van der Waals surface area contributed by atoms with Crippen LogP contribution < -0.4 is 10.6 Å². The van der Waals surface area contributed by atoms with E-state index >= 15 is 0 Å². The maximum atomic E-state index is 12.4. The van der Waals surface area contributed by atoms with E-state index in [9.17, 15) is 14.4 Å². The predicted molar refractivity (Wildman–Crippen MR) is 92.6 cm³/mol. The number of methoxy groups -OCH3 is 1. The first-order valence-electron chi connectivity index (χ1n) is 7.78. The Balaban J connectivity index is 2.13. The Morgan fingerprint density at radius 2 is 1.76 bits per heavy atom. The van der Waals surface area contributed by atoms with E-state index in [-0.39, 0.29) is 11.5 Å². The maximum absolute atomic E-state index is 12.4. The molecule has 25 heavy (non-hydrogen) atoms. The molecule has 2 N–H and O–H groups in total. The van der Waals surface area contributed by atoms with Gasteiger partial charge in [0, 0.05) is 24.6 Å². The first-order valence-corrected chi connectivity index (χ1v) is 7.78. The van der Waals surface area contributed by atoms with Crippen molar-refractivity contribution in [3.05, 3.63) is 59.4 Å². The van der Waals surface area contributed by atoms with E-state index in [1.807, 2.05) is 6.92 Å². The predicted octanol–water partition coefficient (Wildman–Crippen LogP) is 2.26. The normalized spacial score (nSPS) is 10.0. The molecule has 1 heterocycles. The molecule has 0 unspecified atom stereocenters. The summed E-state index contributed by atoms with van der Waals surface area (Å²) in [6, 6.07) is 7.85. The topological polar surface area (TPSA) is 97.4 Å². The van der Waals surface area contributed by atoms with Crippen molar-refractivity contribution in [1.82, 2.24) is 10.3 Å². The largest absolute Gasteiger partial charge is 0.465 e. The van der Waals surface area contributed by atoms with E-state index in [0.717, 1.165) is 6.42 Å². The zero-order valence-corrected chi connectivity index (χ0v) is 14.0. The SMILES string of the molecule is CCCNC(=O)c1cncc(C(=O)Nc2cccc(C(=O)OC)c2)c1. The lowest BCUT2D eigenvalue weighted by Gasteiger charge is -2.08. The number of amides is 2. The number of hydrogen-bond donors (Lipinski definition) is 2. The fraction of sp³-hybridized carbons (Fsp3) is 0.222. The third kappa shape index (κ3) is 4.87. The number of carbonyl (C=O) groups is 3. The summed E-state index contributed by atoms with van der Waals surface area (Å²) in [7, 11) is 1.29. The highest BCUT2D eigenvalue weighted by molar-refractivity contribution is 6.06. The number of nitrogens with zero attached hydrogens (tertiary/aromatic N) is 1. The van der Waals surface area contributed by atoms with Crippen molar-refractivity contribution >= 4 is 23.5 Å². The zero-order valence-electron chi connectivity index (χ0n) is 14.0. The molecule has 0 radical (unpaired) electrons. The molecule has 0 saturated heterocycles. The maximum Gasteiger partial charge on any atom is 0.337 e. The monoisotopic (exact) mass is 341 g/mol. The Morgan fingerprint density at radius 3 is 2.44 bits per heavy atom.